The second kappa shape index (κ2) is 2.47. The molecule has 0 aromatic carbocycles. The van der Waals surface area contributed by atoms with Gasteiger partial charge in [-0.2, -0.15) is 0 Å². The monoisotopic (exact) mass is 200 g/mol. The van der Waals surface area contributed by atoms with Crippen molar-refractivity contribution in [1.82, 2.24) is 0 Å². The van der Waals surface area contributed by atoms with Crippen molar-refractivity contribution >= 4 is 25.1 Å². The number of rotatable bonds is 0. The molecule has 0 bridgehead atoms. The van der Waals surface area contributed by atoms with Crippen LogP contribution in [0.3, 0.4) is 0 Å². The van der Waals surface area contributed by atoms with Gasteiger partial charge in [-0.3, -0.25) is 0 Å². The summed E-state index contributed by atoms with van der Waals surface area (Å²) in [6.07, 6.45) is 4.41. The van der Waals surface area contributed by atoms with Gasteiger partial charge >= 0.3 is 53.8 Å². The topological polar surface area (TPSA) is 0 Å². The molecule has 0 aromatic rings. The van der Waals surface area contributed by atoms with Gasteiger partial charge < -0.3 is 0 Å². The maximum atomic E-state index is 2.31. The molecular formula is C6H7Sb. The minimum atomic E-state index is 0.0136. The van der Waals surface area contributed by atoms with Crippen LogP contribution in [0.2, 0.25) is 0 Å². The second-order valence-corrected chi connectivity index (χ2v) is 4.08. The van der Waals surface area contributed by atoms with Crippen molar-refractivity contribution < 1.29 is 0 Å². The molecule has 0 aromatic heterocycles. The molecule has 1 aliphatic heterocycles. The first-order chi connectivity index (χ1) is 3.39. The van der Waals surface area contributed by atoms with E-state index in [9.17, 15) is 0 Å². The normalized spacial score (nSPS) is 17.0. The van der Waals surface area contributed by atoms with E-state index in [0.29, 0.717) is 0 Å². The number of hydrogen-bond donors (Lipinski definition) is 0. The van der Waals surface area contributed by atoms with E-state index in [1.807, 2.05) is 0 Å². The van der Waals surface area contributed by atoms with Crippen molar-refractivity contribution in [1.29, 1.82) is 0 Å². The Bertz CT molecular complexity index is 140. The zero-order valence-corrected chi connectivity index (χ0v) is 6.81. The van der Waals surface area contributed by atoms with Crippen LogP contribution in [0, 0.1) is 0 Å². The van der Waals surface area contributed by atoms with Crippen LogP contribution in [0.15, 0.2) is 21.7 Å². The third-order valence-electron chi connectivity index (χ3n) is 0.847. The molecule has 0 nitrogen and oxygen atoms in total. The molecule has 1 heterocycles. The standard InChI is InChI=1S/C6H7.Sb/c1-4-6(3)5-2;/h1-2,4-5H,3H3;. The zero-order chi connectivity index (χ0) is 5.11. The Balaban J connectivity index is 2.82. The average Bonchev–Trinajstić information content (AvgIpc) is 1.69. The van der Waals surface area contributed by atoms with E-state index in [1.165, 1.54) is 5.57 Å². The van der Waals surface area contributed by atoms with E-state index in [2.05, 4.69) is 27.0 Å². The first-order valence-corrected chi connectivity index (χ1v) is 5.21. The molecule has 1 heteroatoms. The van der Waals surface area contributed by atoms with E-state index < -0.39 is 0 Å². The fraction of sp³-hybridized carbons (Fsp3) is 0.167. The third-order valence-corrected chi connectivity index (χ3v) is 2.68. The van der Waals surface area contributed by atoms with Crippen LogP contribution in [0.1, 0.15) is 6.92 Å². The summed E-state index contributed by atoms with van der Waals surface area (Å²) < 4.78 is 4.62. The molecule has 36 valence electrons. The Hall–Kier alpha value is 0.168. The summed E-state index contributed by atoms with van der Waals surface area (Å²) in [5.74, 6) is 0. The van der Waals surface area contributed by atoms with Crippen molar-refractivity contribution in [3.8, 4) is 0 Å². The van der Waals surface area contributed by atoms with Crippen molar-refractivity contribution in [3.05, 3.63) is 21.7 Å². The molecule has 0 saturated heterocycles. The zero-order valence-electron chi connectivity index (χ0n) is 4.26. The number of hydrogen-bond acceptors (Lipinski definition) is 0. The van der Waals surface area contributed by atoms with E-state index in [0.717, 1.165) is 0 Å². The van der Waals surface area contributed by atoms with Gasteiger partial charge in [0.2, 0.25) is 0 Å². The maximum absolute atomic E-state index is 2.31. The summed E-state index contributed by atoms with van der Waals surface area (Å²) in [6.45, 7) is 2.13. The van der Waals surface area contributed by atoms with Gasteiger partial charge in [-0.05, 0) is 0 Å². The van der Waals surface area contributed by atoms with Gasteiger partial charge in [0.1, 0.15) is 0 Å². The van der Waals surface area contributed by atoms with Crippen LogP contribution in [0.25, 0.3) is 0 Å². The van der Waals surface area contributed by atoms with Crippen molar-refractivity contribution in [3.63, 3.8) is 0 Å². The predicted molar refractivity (Wildman–Crippen MR) is 34.7 cm³/mol. The van der Waals surface area contributed by atoms with E-state index in [-0.39, 0.29) is 21.1 Å². The van der Waals surface area contributed by atoms with Crippen LogP contribution < -0.4 is 0 Å². The van der Waals surface area contributed by atoms with Crippen molar-refractivity contribution in [2.45, 2.75) is 6.92 Å². The first-order valence-electron chi connectivity index (χ1n) is 2.26. The van der Waals surface area contributed by atoms with Crippen LogP contribution in [0.4, 0.5) is 0 Å². The van der Waals surface area contributed by atoms with Crippen LogP contribution in [-0.2, 0) is 0 Å². The molecule has 1 rings (SSSR count). The molecule has 0 N–H and O–H groups in total. The molecule has 0 aliphatic carbocycles. The van der Waals surface area contributed by atoms with Crippen LogP contribution >= 0.6 is 0 Å². The third kappa shape index (κ3) is 1.61. The summed E-state index contributed by atoms with van der Waals surface area (Å²) in [7, 11) is 0. The molecule has 0 atom stereocenters. The molecule has 1 aliphatic rings. The summed E-state index contributed by atoms with van der Waals surface area (Å²) in [5.41, 5.74) is 1.39. The molecular weight excluding hydrogens is 194 g/mol. The molecule has 0 fully saturated rings. The van der Waals surface area contributed by atoms with Gasteiger partial charge in [0, 0.05) is 0 Å². The summed E-state index contributed by atoms with van der Waals surface area (Å²) in [4.78, 5) is 0. The number of allylic oxidation sites excluding steroid dienone is 3. The fourth-order valence-electron chi connectivity index (χ4n) is 0.426. The molecule has 0 saturated carbocycles. The summed E-state index contributed by atoms with van der Waals surface area (Å²) in [6, 6.07) is 0. The molecule has 0 spiro atoms. The van der Waals surface area contributed by atoms with E-state index in [4.69, 9.17) is 0 Å². The van der Waals surface area contributed by atoms with Gasteiger partial charge in [0.25, 0.3) is 0 Å². The van der Waals surface area contributed by atoms with Gasteiger partial charge in [-0.25, -0.2) is 0 Å². The van der Waals surface area contributed by atoms with Crippen LogP contribution in [0.5, 0.6) is 0 Å². The second-order valence-electron chi connectivity index (χ2n) is 1.52. The van der Waals surface area contributed by atoms with E-state index >= 15 is 0 Å². The van der Waals surface area contributed by atoms with E-state index in [1.54, 1.807) is 0 Å². The molecule has 0 unspecified atom stereocenters. The Labute approximate surface area is 53.9 Å². The van der Waals surface area contributed by atoms with Gasteiger partial charge in [-0.15, -0.1) is 0 Å². The SMILES string of the molecule is CC1=C[CH]=[Sb][CH]=C1. The van der Waals surface area contributed by atoms with Crippen molar-refractivity contribution in [2.75, 3.05) is 0 Å². The van der Waals surface area contributed by atoms with Crippen LogP contribution in [-0.4, -0.2) is 25.1 Å². The quantitative estimate of drug-likeness (QED) is 0.512. The van der Waals surface area contributed by atoms with Gasteiger partial charge in [0.15, 0.2) is 0 Å². The first kappa shape index (κ1) is 5.31. The molecule has 7 heavy (non-hydrogen) atoms. The van der Waals surface area contributed by atoms with Gasteiger partial charge in [0.05, 0.1) is 0 Å². The van der Waals surface area contributed by atoms with Crippen molar-refractivity contribution in [2.24, 2.45) is 0 Å². The Morgan fingerprint density at radius 2 is 2.43 bits per heavy atom. The summed E-state index contributed by atoms with van der Waals surface area (Å²) >= 11 is 0.0136. The predicted octanol–water partition coefficient (Wildman–Crippen LogP) is 0.966. The fourth-order valence-corrected chi connectivity index (χ4v) is 2.54. The Morgan fingerprint density at radius 3 is 2.71 bits per heavy atom. The summed E-state index contributed by atoms with van der Waals surface area (Å²) in [5, 5.41) is 0. The molecule has 0 radical (unpaired) electrons. The average molecular weight is 201 g/mol. The Kier molecular flexibility index (Phi) is 1.87. The Morgan fingerprint density at radius 1 is 1.57 bits per heavy atom. The minimum absolute atomic E-state index is 0.0136. The van der Waals surface area contributed by atoms with Gasteiger partial charge in [-0.1, -0.05) is 0 Å². The molecule has 0 amide bonds.